The van der Waals surface area contributed by atoms with Crippen LogP contribution in [0.15, 0.2) is 59.5 Å². The standard InChI is InChI=1S/C28H38N2O2S/c1-3-26(28(32)29-24-12-8-5-9-13-24)30(20-18-23-10-6-4-7-11-23)27(31)19-21-33-25-16-14-22(2)15-17-25/h4,6-7,10-11,14-17,24,26H,3,5,8-9,12-13,18-21H2,1-2H3,(H,29,32). The number of hydrogen-bond donors (Lipinski definition) is 1. The smallest absolute Gasteiger partial charge is 0.243 e. The van der Waals surface area contributed by atoms with Gasteiger partial charge < -0.3 is 10.2 Å². The van der Waals surface area contributed by atoms with Crippen molar-refractivity contribution in [1.82, 2.24) is 10.2 Å². The fourth-order valence-electron chi connectivity index (χ4n) is 4.47. The first-order valence-electron chi connectivity index (χ1n) is 12.4. The summed E-state index contributed by atoms with van der Waals surface area (Å²) in [5, 5.41) is 3.25. The van der Waals surface area contributed by atoms with Gasteiger partial charge in [0.25, 0.3) is 0 Å². The van der Waals surface area contributed by atoms with Crippen LogP contribution in [0, 0.1) is 6.92 Å². The third kappa shape index (κ3) is 8.22. The highest BCUT2D eigenvalue weighted by Gasteiger charge is 2.29. The summed E-state index contributed by atoms with van der Waals surface area (Å²) in [6, 6.07) is 18.4. The Morgan fingerprint density at radius 1 is 1.03 bits per heavy atom. The van der Waals surface area contributed by atoms with Gasteiger partial charge in [-0.25, -0.2) is 0 Å². The van der Waals surface area contributed by atoms with Crippen LogP contribution in [-0.4, -0.2) is 41.1 Å². The fraction of sp³-hybridized carbons (Fsp3) is 0.500. The monoisotopic (exact) mass is 466 g/mol. The predicted octanol–water partition coefficient (Wildman–Crippen LogP) is 5.78. The minimum absolute atomic E-state index is 0.0111. The molecule has 0 saturated heterocycles. The molecule has 2 amide bonds. The van der Waals surface area contributed by atoms with Crippen molar-refractivity contribution in [3.05, 3.63) is 65.7 Å². The first-order chi connectivity index (χ1) is 16.1. The summed E-state index contributed by atoms with van der Waals surface area (Å²) >= 11 is 1.70. The lowest BCUT2D eigenvalue weighted by molar-refractivity contribution is -0.140. The van der Waals surface area contributed by atoms with E-state index in [-0.39, 0.29) is 17.9 Å². The first kappa shape index (κ1) is 25.4. The van der Waals surface area contributed by atoms with E-state index in [0.29, 0.717) is 25.1 Å². The van der Waals surface area contributed by atoms with E-state index in [2.05, 4.69) is 48.6 Å². The topological polar surface area (TPSA) is 49.4 Å². The Balaban J connectivity index is 1.64. The maximum atomic E-state index is 13.3. The molecule has 1 N–H and O–H groups in total. The molecule has 4 nitrogen and oxygen atoms in total. The molecule has 1 aliphatic rings. The lowest BCUT2D eigenvalue weighted by Gasteiger charge is -2.33. The zero-order chi connectivity index (χ0) is 23.5. The minimum atomic E-state index is -0.410. The number of benzene rings is 2. The van der Waals surface area contributed by atoms with Crippen molar-refractivity contribution in [1.29, 1.82) is 0 Å². The third-order valence-corrected chi connectivity index (χ3v) is 7.44. The zero-order valence-electron chi connectivity index (χ0n) is 20.1. The average Bonchev–Trinajstić information content (AvgIpc) is 2.84. The van der Waals surface area contributed by atoms with Gasteiger partial charge in [-0.1, -0.05) is 74.2 Å². The van der Waals surface area contributed by atoms with Gasteiger partial charge in [-0.15, -0.1) is 11.8 Å². The predicted molar refractivity (Wildman–Crippen MR) is 137 cm³/mol. The van der Waals surface area contributed by atoms with E-state index in [1.165, 1.54) is 35.3 Å². The number of thioether (sulfide) groups is 1. The normalized spacial score (nSPS) is 15.1. The van der Waals surface area contributed by atoms with Crippen molar-refractivity contribution < 1.29 is 9.59 Å². The van der Waals surface area contributed by atoms with Crippen LogP contribution in [0.2, 0.25) is 0 Å². The summed E-state index contributed by atoms with van der Waals surface area (Å²) in [6.07, 6.45) is 7.52. The van der Waals surface area contributed by atoms with Gasteiger partial charge >= 0.3 is 0 Å². The van der Waals surface area contributed by atoms with Crippen LogP contribution in [0.4, 0.5) is 0 Å². The van der Waals surface area contributed by atoms with Crippen LogP contribution in [-0.2, 0) is 16.0 Å². The van der Waals surface area contributed by atoms with E-state index >= 15 is 0 Å². The van der Waals surface area contributed by atoms with Gasteiger partial charge in [-0.2, -0.15) is 0 Å². The van der Waals surface area contributed by atoms with Crippen LogP contribution in [0.25, 0.3) is 0 Å². The molecule has 0 aliphatic heterocycles. The molecule has 0 heterocycles. The van der Waals surface area contributed by atoms with Gasteiger partial charge in [-0.3, -0.25) is 9.59 Å². The fourth-order valence-corrected chi connectivity index (χ4v) is 5.32. The summed E-state index contributed by atoms with van der Waals surface area (Å²) in [5.41, 5.74) is 2.42. The summed E-state index contributed by atoms with van der Waals surface area (Å²) in [7, 11) is 0. The Morgan fingerprint density at radius 3 is 2.39 bits per heavy atom. The van der Waals surface area contributed by atoms with Crippen LogP contribution < -0.4 is 5.32 Å². The molecule has 178 valence electrons. The number of carbonyl (C=O) groups is 2. The molecular weight excluding hydrogens is 428 g/mol. The molecule has 1 aliphatic carbocycles. The molecule has 0 radical (unpaired) electrons. The van der Waals surface area contributed by atoms with Crippen LogP contribution in [0.1, 0.15) is 63.0 Å². The maximum Gasteiger partial charge on any atom is 0.243 e. The van der Waals surface area contributed by atoms with E-state index in [0.717, 1.165) is 19.3 Å². The van der Waals surface area contributed by atoms with E-state index < -0.39 is 6.04 Å². The first-order valence-corrected chi connectivity index (χ1v) is 13.4. The molecule has 33 heavy (non-hydrogen) atoms. The van der Waals surface area contributed by atoms with Gasteiger partial charge in [-0.05, 0) is 50.3 Å². The highest BCUT2D eigenvalue weighted by molar-refractivity contribution is 7.99. The Kier molecular flexibility index (Phi) is 10.3. The number of aryl methyl sites for hydroxylation is 1. The molecule has 1 unspecified atom stereocenters. The second-order valence-electron chi connectivity index (χ2n) is 9.00. The van der Waals surface area contributed by atoms with Crippen molar-refractivity contribution in [3.8, 4) is 0 Å². The molecule has 1 atom stereocenters. The molecule has 5 heteroatoms. The SMILES string of the molecule is CCC(C(=O)NC1CCCCC1)N(CCc1ccccc1)C(=O)CCSc1ccc(C)cc1. The van der Waals surface area contributed by atoms with Crippen molar-refractivity contribution in [2.45, 2.75) is 82.2 Å². The lowest BCUT2D eigenvalue weighted by atomic mass is 9.95. The Bertz CT molecular complexity index is 863. The summed E-state index contributed by atoms with van der Waals surface area (Å²) < 4.78 is 0. The number of hydrogen-bond acceptors (Lipinski definition) is 3. The Morgan fingerprint density at radius 2 is 1.73 bits per heavy atom. The summed E-state index contributed by atoms with van der Waals surface area (Å²) in [4.78, 5) is 29.6. The number of amides is 2. The number of rotatable bonds is 11. The Labute approximate surface area is 203 Å². The highest BCUT2D eigenvalue weighted by Crippen LogP contribution is 2.21. The van der Waals surface area contributed by atoms with Gasteiger partial charge in [0.05, 0.1) is 0 Å². The zero-order valence-corrected chi connectivity index (χ0v) is 20.9. The highest BCUT2D eigenvalue weighted by atomic mass is 32.2. The van der Waals surface area contributed by atoms with Crippen molar-refractivity contribution in [2.75, 3.05) is 12.3 Å². The molecule has 0 spiro atoms. The molecule has 0 aromatic heterocycles. The second-order valence-corrected chi connectivity index (χ2v) is 10.2. The van der Waals surface area contributed by atoms with Gasteiger partial charge in [0, 0.05) is 29.7 Å². The van der Waals surface area contributed by atoms with E-state index in [4.69, 9.17) is 0 Å². The van der Waals surface area contributed by atoms with Crippen LogP contribution in [0.3, 0.4) is 0 Å². The summed E-state index contributed by atoms with van der Waals surface area (Å²) in [5.74, 6) is 0.790. The lowest BCUT2D eigenvalue weighted by Crippen LogP contribution is -2.52. The van der Waals surface area contributed by atoms with Crippen molar-refractivity contribution >= 4 is 23.6 Å². The molecule has 1 fully saturated rings. The van der Waals surface area contributed by atoms with Crippen LogP contribution in [0.5, 0.6) is 0 Å². The van der Waals surface area contributed by atoms with Gasteiger partial charge in [0.15, 0.2) is 0 Å². The third-order valence-electron chi connectivity index (χ3n) is 6.43. The Hall–Kier alpha value is -2.27. The average molecular weight is 467 g/mol. The van der Waals surface area contributed by atoms with E-state index in [1.54, 1.807) is 11.8 Å². The molecule has 2 aromatic rings. The number of nitrogens with zero attached hydrogens (tertiary/aromatic N) is 1. The van der Waals surface area contributed by atoms with Gasteiger partial charge in [0.1, 0.15) is 6.04 Å². The van der Waals surface area contributed by atoms with Crippen LogP contribution >= 0.6 is 11.8 Å². The largest absolute Gasteiger partial charge is 0.352 e. The van der Waals surface area contributed by atoms with Crippen molar-refractivity contribution in [3.63, 3.8) is 0 Å². The number of nitrogens with one attached hydrogen (secondary N) is 1. The molecule has 0 bridgehead atoms. The van der Waals surface area contributed by atoms with Gasteiger partial charge in [0.2, 0.25) is 11.8 Å². The number of carbonyl (C=O) groups excluding carboxylic acids is 2. The molecule has 2 aromatic carbocycles. The quantitative estimate of drug-likeness (QED) is 0.427. The summed E-state index contributed by atoms with van der Waals surface area (Å²) in [6.45, 7) is 4.65. The van der Waals surface area contributed by atoms with E-state index in [1.807, 2.05) is 30.0 Å². The molecule has 1 saturated carbocycles. The maximum absolute atomic E-state index is 13.3. The molecule has 3 rings (SSSR count). The minimum Gasteiger partial charge on any atom is -0.352 e. The van der Waals surface area contributed by atoms with Crippen molar-refractivity contribution in [2.24, 2.45) is 0 Å². The van der Waals surface area contributed by atoms with E-state index in [9.17, 15) is 9.59 Å². The second kappa shape index (κ2) is 13.4. The molecular formula is C28H38N2O2S.